The summed E-state index contributed by atoms with van der Waals surface area (Å²) in [4.78, 5) is 25.7. The Hall–Kier alpha value is -2.91. The van der Waals surface area contributed by atoms with Crippen LogP contribution in [-0.2, 0) is 4.74 Å². The van der Waals surface area contributed by atoms with Gasteiger partial charge in [0.1, 0.15) is 17.0 Å². The summed E-state index contributed by atoms with van der Waals surface area (Å²) in [7, 11) is 0. The molecule has 0 spiro atoms. The molecule has 0 unspecified atom stereocenters. The third-order valence-corrected chi connectivity index (χ3v) is 2.97. The molecule has 2 rings (SSSR count). The number of carbonyl (C=O) groups is 1. The van der Waals surface area contributed by atoms with Gasteiger partial charge in [-0.1, -0.05) is 0 Å². The highest BCUT2D eigenvalue weighted by atomic mass is 19.3. The average molecular weight is 326 g/mol. The van der Waals surface area contributed by atoms with E-state index in [2.05, 4.69) is 10.1 Å². The third-order valence-electron chi connectivity index (χ3n) is 2.97. The van der Waals surface area contributed by atoms with Crippen LogP contribution in [0.1, 0.15) is 35.1 Å². The van der Waals surface area contributed by atoms with E-state index < -0.39 is 23.0 Å². The normalized spacial score (nSPS) is 10.8. The van der Waals surface area contributed by atoms with Crippen LogP contribution in [-0.4, -0.2) is 32.3 Å². The summed E-state index contributed by atoms with van der Waals surface area (Å²) >= 11 is 0. The van der Waals surface area contributed by atoms with Crippen molar-refractivity contribution in [1.29, 1.82) is 0 Å². The zero-order valence-corrected chi connectivity index (χ0v) is 12.2. The minimum Gasteiger partial charge on any atom is -0.462 e. The van der Waals surface area contributed by atoms with E-state index in [1.807, 2.05) is 0 Å². The molecule has 2 heterocycles. The standard InChI is InChI=1S/C13H12F2N4O4/c1-3-23-13(20)8-6-16-18(11(8)12(14)15)10-5-4-9(19(21)22)7(2)17-10/h4-6,12H,3H2,1-2H3. The first kappa shape index (κ1) is 16.5. The van der Waals surface area contributed by atoms with Gasteiger partial charge in [0.15, 0.2) is 5.82 Å². The van der Waals surface area contributed by atoms with Crippen LogP contribution in [0.25, 0.3) is 5.82 Å². The maximum Gasteiger partial charge on any atom is 0.341 e. The Labute approximate surface area is 128 Å². The second-order valence-electron chi connectivity index (χ2n) is 4.41. The predicted octanol–water partition coefficient (Wildman–Crippen LogP) is 2.60. The molecule has 0 saturated heterocycles. The van der Waals surface area contributed by atoms with Crippen molar-refractivity contribution in [1.82, 2.24) is 14.8 Å². The second kappa shape index (κ2) is 6.46. The molecule has 2 aromatic rings. The first-order chi connectivity index (χ1) is 10.9. The molecule has 10 heteroatoms. The van der Waals surface area contributed by atoms with Gasteiger partial charge in [-0.05, 0) is 19.9 Å². The van der Waals surface area contributed by atoms with Gasteiger partial charge in [-0.25, -0.2) is 23.2 Å². The molecule has 0 aliphatic heterocycles. The number of pyridine rings is 1. The third kappa shape index (κ3) is 3.15. The minimum atomic E-state index is -3.01. The lowest BCUT2D eigenvalue weighted by Crippen LogP contribution is -2.11. The Morgan fingerprint density at radius 2 is 2.17 bits per heavy atom. The van der Waals surface area contributed by atoms with Gasteiger partial charge in [-0.15, -0.1) is 0 Å². The summed E-state index contributed by atoms with van der Waals surface area (Å²) in [6.07, 6.45) is -2.05. The first-order valence-corrected chi connectivity index (χ1v) is 6.52. The molecular formula is C13H12F2N4O4. The molecule has 23 heavy (non-hydrogen) atoms. The van der Waals surface area contributed by atoms with Crippen molar-refractivity contribution in [2.45, 2.75) is 20.3 Å². The molecular weight excluding hydrogens is 314 g/mol. The van der Waals surface area contributed by atoms with Crippen LogP contribution in [0.3, 0.4) is 0 Å². The van der Waals surface area contributed by atoms with E-state index >= 15 is 0 Å². The maximum atomic E-state index is 13.3. The van der Waals surface area contributed by atoms with E-state index in [1.165, 1.54) is 13.0 Å². The van der Waals surface area contributed by atoms with E-state index in [0.717, 1.165) is 16.9 Å². The number of halogens is 2. The van der Waals surface area contributed by atoms with Crippen LogP contribution < -0.4 is 0 Å². The number of esters is 1. The molecule has 0 aliphatic rings. The molecule has 122 valence electrons. The highest BCUT2D eigenvalue weighted by Gasteiger charge is 2.27. The zero-order chi connectivity index (χ0) is 17.1. The molecule has 0 radical (unpaired) electrons. The Morgan fingerprint density at radius 3 is 2.70 bits per heavy atom. The van der Waals surface area contributed by atoms with Crippen molar-refractivity contribution >= 4 is 11.7 Å². The van der Waals surface area contributed by atoms with E-state index in [0.29, 0.717) is 0 Å². The number of hydrogen-bond acceptors (Lipinski definition) is 6. The molecule has 0 N–H and O–H groups in total. The van der Waals surface area contributed by atoms with E-state index in [9.17, 15) is 23.7 Å². The molecule has 0 amide bonds. The first-order valence-electron chi connectivity index (χ1n) is 6.52. The number of aryl methyl sites for hydroxylation is 1. The smallest absolute Gasteiger partial charge is 0.341 e. The molecule has 0 aromatic carbocycles. The minimum absolute atomic E-state index is 0.0293. The van der Waals surface area contributed by atoms with Gasteiger partial charge in [0.05, 0.1) is 17.7 Å². The molecule has 8 nitrogen and oxygen atoms in total. The average Bonchev–Trinajstić information content (AvgIpc) is 2.92. The summed E-state index contributed by atoms with van der Waals surface area (Å²) in [6, 6.07) is 2.32. The number of ether oxygens (including phenoxy) is 1. The number of hydrogen-bond donors (Lipinski definition) is 0. The van der Waals surface area contributed by atoms with Crippen molar-refractivity contribution in [3.8, 4) is 5.82 Å². The lowest BCUT2D eigenvalue weighted by atomic mass is 10.2. The number of aromatic nitrogens is 3. The van der Waals surface area contributed by atoms with Gasteiger partial charge in [-0.2, -0.15) is 5.10 Å². The van der Waals surface area contributed by atoms with Gasteiger partial charge >= 0.3 is 5.97 Å². The Morgan fingerprint density at radius 1 is 1.48 bits per heavy atom. The maximum absolute atomic E-state index is 13.3. The Balaban J connectivity index is 2.54. The Bertz CT molecular complexity index is 760. The van der Waals surface area contributed by atoms with E-state index in [1.54, 1.807) is 6.92 Å². The molecule has 0 aliphatic carbocycles. The predicted molar refractivity (Wildman–Crippen MR) is 73.7 cm³/mol. The van der Waals surface area contributed by atoms with E-state index in [4.69, 9.17) is 4.74 Å². The topological polar surface area (TPSA) is 100 Å². The summed E-state index contributed by atoms with van der Waals surface area (Å²) < 4.78 is 32.1. The molecule has 2 aromatic heterocycles. The molecule has 0 bridgehead atoms. The lowest BCUT2D eigenvalue weighted by Gasteiger charge is -2.08. The fraction of sp³-hybridized carbons (Fsp3) is 0.308. The fourth-order valence-electron chi connectivity index (χ4n) is 1.97. The fourth-order valence-corrected chi connectivity index (χ4v) is 1.97. The highest BCUT2D eigenvalue weighted by Crippen LogP contribution is 2.27. The largest absolute Gasteiger partial charge is 0.462 e. The zero-order valence-electron chi connectivity index (χ0n) is 12.2. The summed E-state index contributed by atoms with van der Waals surface area (Å²) in [6.45, 7) is 2.95. The van der Waals surface area contributed by atoms with Gasteiger partial charge in [0, 0.05) is 6.07 Å². The number of nitrogens with zero attached hydrogens (tertiary/aromatic N) is 4. The van der Waals surface area contributed by atoms with Crippen molar-refractivity contribution in [3.05, 3.63) is 45.4 Å². The van der Waals surface area contributed by atoms with Crippen molar-refractivity contribution < 1.29 is 23.2 Å². The van der Waals surface area contributed by atoms with Crippen LogP contribution >= 0.6 is 0 Å². The summed E-state index contributed by atoms with van der Waals surface area (Å²) in [5.41, 5.74) is -1.25. The Kier molecular flexibility index (Phi) is 4.63. The van der Waals surface area contributed by atoms with Crippen LogP contribution in [0, 0.1) is 17.0 Å². The number of alkyl halides is 2. The SMILES string of the molecule is CCOC(=O)c1cnn(-c2ccc([N+](=O)[O-])c(C)n2)c1C(F)F. The van der Waals surface area contributed by atoms with Gasteiger partial charge in [0.2, 0.25) is 0 Å². The van der Waals surface area contributed by atoms with Gasteiger partial charge in [-0.3, -0.25) is 10.1 Å². The number of nitro groups is 1. The van der Waals surface area contributed by atoms with Gasteiger partial charge in [0.25, 0.3) is 12.1 Å². The van der Waals surface area contributed by atoms with Crippen molar-refractivity contribution in [2.24, 2.45) is 0 Å². The summed E-state index contributed by atoms with van der Waals surface area (Å²) in [5, 5.41) is 14.5. The lowest BCUT2D eigenvalue weighted by molar-refractivity contribution is -0.385. The molecule has 0 atom stereocenters. The quantitative estimate of drug-likeness (QED) is 0.475. The number of rotatable bonds is 5. The van der Waals surface area contributed by atoms with Gasteiger partial charge < -0.3 is 4.74 Å². The van der Waals surface area contributed by atoms with Crippen LogP contribution in [0.15, 0.2) is 18.3 Å². The van der Waals surface area contributed by atoms with Crippen LogP contribution in [0.4, 0.5) is 14.5 Å². The second-order valence-corrected chi connectivity index (χ2v) is 4.41. The number of carbonyl (C=O) groups excluding carboxylic acids is 1. The van der Waals surface area contributed by atoms with Crippen molar-refractivity contribution in [3.63, 3.8) is 0 Å². The summed E-state index contributed by atoms with van der Waals surface area (Å²) in [5.74, 6) is -0.980. The van der Waals surface area contributed by atoms with Crippen LogP contribution in [0.5, 0.6) is 0 Å². The van der Waals surface area contributed by atoms with Crippen LogP contribution in [0.2, 0.25) is 0 Å². The molecule has 0 saturated carbocycles. The van der Waals surface area contributed by atoms with E-state index in [-0.39, 0.29) is 29.4 Å². The monoisotopic (exact) mass is 326 g/mol. The van der Waals surface area contributed by atoms with Crippen molar-refractivity contribution in [2.75, 3.05) is 6.61 Å². The molecule has 0 fully saturated rings. The highest BCUT2D eigenvalue weighted by molar-refractivity contribution is 5.90.